The molecule has 0 bridgehead atoms. The van der Waals surface area contributed by atoms with Gasteiger partial charge in [-0.1, -0.05) is 13.0 Å². The van der Waals surface area contributed by atoms with Crippen LogP contribution in [0.1, 0.15) is 39.2 Å². The third-order valence-corrected chi connectivity index (χ3v) is 5.65. The lowest BCUT2D eigenvalue weighted by Crippen LogP contribution is -2.45. The van der Waals surface area contributed by atoms with E-state index in [0.717, 1.165) is 43.5 Å². The lowest BCUT2D eigenvalue weighted by molar-refractivity contribution is -0.00545. The summed E-state index contributed by atoms with van der Waals surface area (Å²) in [6, 6.07) is 4.86. The highest BCUT2D eigenvalue weighted by atomic mass is 127. The first-order valence-corrected chi connectivity index (χ1v) is 10.6. The molecule has 0 amide bonds. The summed E-state index contributed by atoms with van der Waals surface area (Å²) in [6.45, 7) is 12.2. The molecule has 0 saturated carbocycles. The molecule has 3 rings (SSSR count). The van der Waals surface area contributed by atoms with Crippen molar-refractivity contribution >= 4 is 35.8 Å². The topological polar surface area (TPSA) is 65.0 Å². The van der Waals surface area contributed by atoms with Crippen molar-refractivity contribution in [2.45, 2.75) is 58.4 Å². The lowest BCUT2D eigenvalue weighted by Gasteiger charge is -2.36. The Hall–Kier alpha value is -1.13. The van der Waals surface area contributed by atoms with Gasteiger partial charge < -0.3 is 20.3 Å². The summed E-state index contributed by atoms with van der Waals surface area (Å²) >= 11 is 0. The average Bonchev–Trinajstić information content (AvgIpc) is 3.15. The number of morpholine rings is 1. The van der Waals surface area contributed by atoms with Gasteiger partial charge in [0, 0.05) is 45.5 Å². The van der Waals surface area contributed by atoms with Gasteiger partial charge in [0.1, 0.15) is 5.82 Å². The van der Waals surface area contributed by atoms with E-state index in [0.29, 0.717) is 12.6 Å². The van der Waals surface area contributed by atoms with Gasteiger partial charge in [-0.15, -0.1) is 24.0 Å². The maximum atomic E-state index is 5.81. The summed E-state index contributed by atoms with van der Waals surface area (Å²) in [4.78, 5) is 13.9. The molecular formula is C21H37IN6O. The molecule has 164 valence electrons. The van der Waals surface area contributed by atoms with Gasteiger partial charge in [0.15, 0.2) is 5.96 Å². The molecule has 1 aromatic rings. The van der Waals surface area contributed by atoms with Crippen molar-refractivity contribution in [1.82, 2.24) is 20.5 Å². The molecule has 0 spiro atoms. The van der Waals surface area contributed by atoms with E-state index < -0.39 is 0 Å². The van der Waals surface area contributed by atoms with Crippen molar-refractivity contribution < 1.29 is 4.74 Å². The molecule has 3 atom stereocenters. The zero-order valence-electron chi connectivity index (χ0n) is 18.2. The van der Waals surface area contributed by atoms with Crippen LogP contribution < -0.4 is 15.5 Å². The molecule has 0 radical (unpaired) electrons. The third kappa shape index (κ3) is 6.96. The maximum Gasteiger partial charge on any atom is 0.191 e. The van der Waals surface area contributed by atoms with Crippen LogP contribution in [0.3, 0.4) is 0 Å². The molecule has 8 heteroatoms. The summed E-state index contributed by atoms with van der Waals surface area (Å²) in [5.74, 6) is 1.87. The lowest BCUT2D eigenvalue weighted by atomic mass is 10.2. The van der Waals surface area contributed by atoms with Gasteiger partial charge in [-0.2, -0.15) is 0 Å². The van der Waals surface area contributed by atoms with E-state index in [1.807, 2.05) is 13.2 Å². The van der Waals surface area contributed by atoms with Gasteiger partial charge in [0.05, 0.1) is 12.2 Å². The van der Waals surface area contributed by atoms with Crippen molar-refractivity contribution in [3.05, 3.63) is 23.9 Å². The van der Waals surface area contributed by atoms with E-state index in [4.69, 9.17) is 4.74 Å². The Morgan fingerprint density at radius 2 is 2.00 bits per heavy atom. The smallest absolute Gasteiger partial charge is 0.191 e. The van der Waals surface area contributed by atoms with Crippen LogP contribution in [-0.2, 0) is 11.3 Å². The number of pyridine rings is 1. The largest absolute Gasteiger partial charge is 0.372 e. The SMILES string of the molecule is CCN1CCCC1CNC(=NC)NCc1ccc(N2CC(C)OC(C)C2)nc1.I. The molecule has 3 heterocycles. The average molecular weight is 516 g/mol. The molecule has 1 aromatic heterocycles. The van der Waals surface area contributed by atoms with Crippen molar-refractivity contribution in [2.75, 3.05) is 44.7 Å². The molecule has 7 nitrogen and oxygen atoms in total. The number of guanidine groups is 1. The van der Waals surface area contributed by atoms with Gasteiger partial charge in [0.2, 0.25) is 0 Å². The van der Waals surface area contributed by atoms with E-state index in [-0.39, 0.29) is 36.2 Å². The number of halogens is 1. The fourth-order valence-corrected chi connectivity index (χ4v) is 4.24. The van der Waals surface area contributed by atoms with Crippen molar-refractivity contribution in [3.8, 4) is 0 Å². The van der Waals surface area contributed by atoms with Crippen LogP contribution in [0.5, 0.6) is 0 Å². The fourth-order valence-electron chi connectivity index (χ4n) is 4.24. The van der Waals surface area contributed by atoms with E-state index in [1.54, 1.807) is 0 Å². The fraction of sp³-hybridized carbons (Fsp3) is 0.714. The van der Waals surface area contributed by atoms with Crippen LogP contribution in [-0.4, -0.2) is 73.9 Å². The number of hydrogen-bond donors (Lipinski definition) is 2. The first-order valence-electron chi connectivity index (χ1n) is 10.6. The van der Waals surface area contributed by atoms with Gasteiger partial charge in [0.25, 0.3) is 0 Å². The minimum absolute atomic E-state index is 0. The van der Waals surface area contributed by atoms with Crippen molar-refractivity contribution in [1.29, 1.82) is 0 Å². The van der Waals surface area contributed by atoms with E-state index in [2.05, 4.69) is 63.3 Å². The summed E-state index contributed by atoms with van der Waals surface area (Å²) in [7, 11) is 1.82. The number of nitrogens with one attached hydrogen (secondary N) is 2. The Kier molecular flexibility index (Phi) is 9.91. The Bertz CT molecular complexity index is 631. The van der Waals surface area contributed by atoms with Crippen molar-refractivity contribution in [3.63, 3.8) is 0 Å². The normalized spacial score (nSPS) is 25.6. The summed E-state index contributed by atoms with van der Waals surface area (Å²) < 4.78 is 5.81. The summed E-state index contributed by atoms with van der Waals surface area (Å²) in [5.41, 5.74) is 1.15. The van der Waals surface area contributed by atoms with Gasteiger partial charge in [-0.05, 0) is 51.4 Å². The van der Waals surface area contributed by atoms with Gasteiger partial charge >= 0.3 is 0 Å². The zero-order valence-corrected chi connectivity index (χ0v) is 20.6. The highest BCUT2D eigenvalue weighted by Crippen LogP contribution is 2.18. The molecule has 2 aliphatic rings. The standard InChI is InChI=1S/C21H36N6O.HI/c1-5-26-10-6-7-19(26)13-25-21(22-4)24-12-18-8-9-20(23-11-18)27-14-16(2)28-17(3)15-27;/h8-9,11,16-17,19H,5-7,10,12-15H2,1-4H3,(H2,22,24,25);1H. The summed E-state index contributed by atoms with van der Waals surface area (Å²) in [5, 5.41) is 6.88. The number of aliphatic imine (C=N–C) groups is 1. The minimum atomic E-state index is 0. The number of rotatable bonds is 6. The second-order valence-electron chi connectivity index (χ2n) is 7.92. The van der Waals surface area contributed by atoms with Crippen LogP contribution in [0.15, 0.2) is 23.3 Å². The number of ether oxygens (including phenoxy) is 1. The first kappa shape index (κ1) is 24.1. The molecule has 2 aliphatic heterocycles. The molecule has 2 fully saturated rings. The van der Waals surface area contributed by atoms with Crippen LogP contribution >= 0.6 is 24.0 Å². The number of aromatic nitrogens is 1. The molecule has 2 saturated heterocycles. The van der Waals surface area contributed by atoms with Gasteiger partial charge in [-0.3, -0.25) is 9.89 Å². The third-order valence-electron chi connectivity index (χ3n) is 5.65. The number of likely N-dealkylation sites (tertiary alicyclic amines) is 1. The highest BCUT2D eigenvalue weighted by molar-refractivity contribution is 14.0. The maximum absolute atomic E-state index is 5.81. The first-order chi connectivity index (χ1) is 13.6. The monoisotopic (exact) mass is 516 g/mol. The minimum Gasteiger partial charge on any atom is -0.372 e. The number of anilines is 1. The molecular weight excluding hydrogens is 479 g/mol. The second kappa shape index (κ2) is 11.9. The highest BCUT2D eigenvalue weighted by Gasteiger charge is 2.24. The van der Waals surface area contributed by atoms with E-state index in [1.165, 1.54) is 19.4 Å². The van der Waals surface area contributed by atoms with Crippen molar-refractivity contribution in [2.24, 2.45) is 4.99 Å². The molecule has 29 heavy (non-hydrogen) atoms. The van der Waals surface area contributed by atoms with E-state index in [9.17, 15) is 0 Å². The molecule has 3 unspecified atom stereocenters. The molecule has 0 aliphatic carbocycles. The van der Waals surface area contributed by atoms with Crippen LogP contribution in [0.2, 0.25) is 0 Å². The molecule has 2 N–H and O–H groups in total. The Morgan fingerprint density at radius 3 is 2.62 bits per heavy atom. The van der Waals surface area contributed by atoms with Crippen LogP contribution in [0.4, 0.5) is 5.82 Å². The number of likely N-dealkylation sites (N-methyl/N-ethyl adjacent to an activating group) is 1. The Labute approximate surface area is 192 Å². The number of nitrogens with zero attached hydrogens (tertiary/aromatic N) is 4. The van der Waals surface area contributed by atoms with E-state index >= 15 is 0 Å². The molecule has 0 aromatic carbocycles. The van der Waals surface area contributed by atoms with Crippen LogP contribution in [0, 0.1) is 0 Å². The number of hydrogen-bond acceptors (Lipinski definition) is 5. The Morgan fingerprint density at radius 1 is 1.24 bits per heavy atom. The predicted molar refractivity (Wildman–Crippen MR) is 130 cm³/mol. The zero-order chi connectivity index (χ0) is 19.9. The summed E-state index contributed by atoms with van der Waals surface area (Å²) in [6.07, 6.45) is 5.00. The second-order valence-corrected chi connectivity index (χ2v) is 7.92. The van der Waals surface area contributed by atoms with Crippen LogP contribution in [0.25, 0.3) is 0 Å². The van der Waals surface area contributed by atoms with Gasteiger partial charge in [-0.25, -0.2) is 4.98 Å². The Balaban J connectivity index is 0.00000300. The predicted octanol–water partition coefficient (Wildman–Crippen LogP) is 2.46. The quantitative estimate of drug-likeness (QED) is 0.344.